The molecule has 1 aliphatic heterocycles. The van der Waals surface area contributed by atoms with Crippen molar-refractivity contribution in [2.45, 2.75) is 31.5 Å². The normalized spacial score (nSPS) is 19.9. The Morgan fingerprint density at radius 3 is 2.78 bits per heavy atom. The van der Waals surface area contributed by atoms with Gasteiger partial charge in [0.2, 0.25) is 0 Å². The summed E-state index contributed by atoms with van der Waals surface area (Å²) < 4.78 is 5.20. The molecule has 0 bridgehead atoms. The summed E-state index contributed by atoms with van der Waals surface area (Å²) in [6, 6.07) is 9.13. The van der Waals surface area contributed by atoms with Crippen LogP contribution in [0.25, 0.3) is 0 Å². The number of carbonyl (C=O) groups is 1. The number of hydrogen-bond donors (Lipinski definition) is 2. The van der Waals surface area contributed by atoms with Crippen LogP contribution in [0.3, 0.4) is 0 Å². The fourth-order valence-electron chi connectivity index (χ4n) is 2.01. The van der Waals surface area contributed by atoms with Crippen LogP contribution in [0.2, 0.25) is 0 Å². The zero-order chi connectivity index (χ0) is 12.1. The van der Waals surface area contributed by atoms with E-state index in [4.69, 9.17) is 10.5 Å². The standard InChI is InChI=1S/C13H18N2O2.ClH/c14-12(11-7-4-8-15-11)13(16)17-9-10-5-2-1-3-6-10;/h1-3,5-6,11-12,15H,4,7-9,14H2;1H/t11-,12?;/m1./s1. The van der Waals surface area contributed by atoms with E-state index in [2.05, 4.69) is 5.32 Å². The molecule has 18 heavy (non-hydrogen) atoms. The number of esters is 1. The Labute approximate surface area is 113 Å². The lowest BCUT2D eigenvalue weighted by molar-refractivity contribution is -0.147. The Bertz CT molecular complexity index is 367. The third kappa shape index (κ3) is 3.98. The number of nitrogens with two attached hydrogens (primary N) is 1. The first-order chi connectivity index (χ1) is 8.27. The molecule has 4 nitrogen and oxygen atoms in total. The van der Waals surface area contributed by atoms with Gasteiger partial charge in [0, 0.05) is 6.04 Å². The minimum Gasteiger partial charge on any atom is -0.460 e. The van der Waals surface area contributed by atoms with Crippen molar-refractivity contribution < 1.29 is 9.53 Å². The maximum Gasteiger partial charge on any atom is 0.324 e. The first kappa shape index (κ1) is 15.0. The summed E-state index contributed by atoms with van der Waals surface area (Å²) >= 11 is 0. The second kappa shape index (κ2) is 7.36. The molecule has 0 amide bonds. The molecule has 1 aliphatic rings. The Morgan fingerprint density at radius 2 is 2.17 bits per heavy atom. The predicted octanol–water partition coefficient (Wildman–Crippen LogP) is 1.23. The van der Waals surface area contributed by atoms with Crippen LogP contribution in [0.1, 0.15) is 18.4 Å². The van der Waals surface area contributed by atoms with Gasteiger partial charge in [-0.3, -0.25) is 4.79 Å². The second-order valence-electron chi connectivity index (χ2n) is 4.32. The first-order valence-electron chi connectivity index (χ1n) is 5.97. The van der Waals surface area contributed by atoms with E-state index in [-0.39, 0.29) is 24.4 Å². The highest BCUT2D eigenvalue weighted by Crippen LogP contribution is 2.10. The van der Waals surface area contributed by atoms with E-state index < -0.39 is 6.04 Å². The van der Waals surface area contributed by atoms with Crippen molar-refractivity contribution in [3.8, 4) is 0 Å². The van der Waals surface area contributed by atoms with Gasteiger partial charge in [0.15, 0.2) is 0 Å². The number of halogens is 1. The van der Waals surface area contributed by atoms with E-state index in [1.807, 2.05) is 30.3 Å². The molecule has 2 atom stereocenters. The van der Waals surface area contributed by atoms with E-state index in [9.17, 15) is 4.79 Å². The van der Waals surface area contributed by atoms with Crippen LogP contribution in [-0.4, -0.2) is 24.6 Å². The largest absolute Gasteiger partial charge is 0.460 e. The molecule has 1 fully saturated rings. The van der Waals surface area contributed by atoms with Crippen LogP contribution in [0.4, 0.5) is 0 Å². The smallest absolute Gasteiger partial charge is 0.324 e. The molecule has 5 heteroatoms. The topological polar surface area (TPSA) is 64.4 Å². The number of hydrogen-bond acceptors (Lipinski definition) is 4. The van der Waals surface area contributed by atoms with Gasteiger partial charge in [-0.25, -0.2) is 0 Å². The van der Waals surface area contributed by atoms with Gasteiger partial charge in [-0.2, -0.15) is 0 Å². The van der Waals surface area contributed by atoms with Gasteiger partial charge in [-0.15, -0.1) is 12.4 Å². The Balaban J connectivity index is 0.00000162. The van der Waals surface area contributed by atoms with Gasteiger partial charge in [0.05, 0.1) is 0 Å². The molecule has 1 unspecified atom stereocenters. The van der Waals surface area contributed by atoms with Crippen LogP contribution in [0.15, 0.2) is 30.3 Å². The highest BCUT2D eigenvalue weighted by molar-refractivity contribution is 5.85. The first-order valence-corrected chi connectivity index (χ1v) is 5.97. The van der Waals surface area contributed by atoms with Gasteiger partial charge in [0.1, 0.15) is 12.6 Å². The van der Waals surface area contributed by atoms with Crippen LogP contribution < -0.4 is 11.1 Å². The maximum absolute atomic E-state index is 11.7. The van der Waals surface area contributed by atoms with E-state index in [0.717, 1.165) is 24.9 Å². The summed E-state index contributed by atoms with van der Waals surface area (Å²) in [6.45, 7) is 1.23. The molecule has 0 aliphatic carbocycles. The van der Waals surface area contributed by atoms with E-state index in [1.54, 1.807) is 0 Å². The minimum atomic E-state index is -0.554. The van der Waals surface area contributed by atoms with E-state index >= 15 is 0 Å². The van der Waals surface area contributed by atoms with Crippen molar-refractivity contribution in [1.29, 1.82) is 0 Å². The Kier molecular flexibility index (Phi) is 6.12. The summed E-state index contributed by atoms with van der Waals surface area (Å²) in [7, 11) is 0. The highest BCUT2D eigenvalue weighted by atomic mass is 35.5. The average molecular weight is 271 g/mol. The van der Waals surface area contributed by atoms with E-state index in [0.29, 0.717) is 6.61 Å². The quantitative estimate of drug-likeness (QED) is 0.808. The van der Waals surface area contributed by atoms with Gasteiger partial charge in [-0.1, -0.05) is 30.3 Å². The summed E-state index contributed by atoms with van der Waals surface area (Å²) in [5.74, 6) is -0.326. The van der Waals surface area contributed by atoms with Crippen LogP contribution in [-0.2, 0) is 16.1 Å². The van der Waals surface area contributed by atoms with Gasteiger partial charge in [-0.05, 0) is 24.9 Å². The Morgan fingerprint density at radius 1 is 1.44 bits per heavy atom. The van der Waals surface area contributed by atoms with Crippen molar-refractivity contribution in [1.82, 2.24) is 5.32 Å². The molecule has 100 valence electrons. The van der Waals surface area contributed by atoms with E-state index in [1.165, 1.54) is 0 Å². The molecule has 1 aromatic carbocycles. The minimum absolute atomic E-state index is 0. The predicted molar refractivity (Wildman–Crippen MR) is 72.5 cm³/mol. The molecular formula is C13H19ClN2O2. The van der Waals surface area contributed by atoms with Gasteiger partial charge < -0.3 is 15.8 Å². The number of benzene rings is 1. The van der Waals surface area contributed by atoms with Crippen LogP contribution in [0, 0.1) is 0 Å². The fraction of sp³-hybridized carbons (Fsp3) is 0.462. The third-order valence-electron chi connectivity index (χ3n) is 3.03. The average Bonchev–Trinajstić information content (AvgIpc) is 2.90. The molecule has 0 spiro atoms. The zero-order valence-corrected chi connectivity index (χ0v) is 11.0. The van der Waals surface area contributed by atoms with Crippen LogP contribution in [0.5, 0.6) is 0 Å². The highest BCUT2D eigenvalue weighted by Gasteiger charge is 2.28. The molecule has 0 saturated carbocycles. The lowest BCUT2D eigenvalue weighted by Crippen LogP contribution is -2.47. The summed E-state index contributed by atoms with van der Waals surface area (Å²) in [6.07, 6.45) is 2.02. The molecule has 0 radical (unpaired) electrons. The molecule has 0 aromatic heterocycles. The van der Waals surface area contributed by atoms with Crippen molar-refractivity contribution in [2.75, 3.05) is 6.54 Å². The fourth-order valence-corrected chi connectivity index (χ4v) is 2.01. The molecule has 1 aromatic rings. The van der Waals surface area contributed by atoms with Crippen LogP contribution >= 0.6 is 12.4 Å². The number of ether oxygens (including phenoxy) is 1. The monoisotopic (exact) mass is 270 g/mol. The lowest BCUT2D eigenvalue weighted by Gasteiger charge is -2.17. The molecule has 3 N–H and O–H groups in total. The van der Waals surface area contributed by atoms with Crippen molar-refractivity contribution in [3.05, 3.63) is 35.9 Å². The summed E-state index contributed by atoms with van der Waals surface area (Å²) in [5.41, 5.74) is 6.83. The Hall–Kier alpha value is -1.10. The molecular weight excluding hydrogens is 252 g/mol. The lowest BCUT2D eigenvalue weighted by atomic mass is 10.1. The number of nitrogens with one attached hydrogen (secondary N) is 1. The SMILES string of the molecule is Cl.NC(C(=O)OCc1ccccc1)[C@H]1CCCN1. The van der Waals surface area contributed by atoms with Crippen molar-refractivity contribution in [3.63, 3.8) is 0 Å². The summed E-state index contributed by atoms with van der Waals surface area (Å²) in [5, 5.41) is 3.21. The van der Waals surface area contributed by atoms with Crippen molar-refractivity contribution in [2.24, 2.45) is 5.73 Å². The maximum atomic E-state index is 11.7. The van der Waals surface area contributed by atoms with Gasteiger partial charge >= 0.3 is 5.97 Å². The number of rotatable bonds is 4. The van der Waals surface area contributed by atoms with Crippen molar-refractivity contribution >= 4 is 18.4 Å². The summed E-state index contributed by atoms with van der Waals surface area (Å²) in [4.78, 5) is 11.7. The molecule has 2 rings (SSSR count). The molecule has 1 heterocycles. The molecule has 1 saturated heterocycles. The third-order valence-corrected chi connectivity index (χ3v) is 3.03. The zero-order valence-electron chi connectivity index (χ0n) is 10.2. The van der Waals surface area contributed by atoms with Gasteiger partial charge in [0.25, 0.3) is 0 Å². The second-order valence-corrected chi connectivity index (χ2v) is 4.32. The number of carbonyl (C=O) groups excluding carboxylic acids is 1.